The van der Waals surface area contributed by atoms with Crippen molar-refractivity contribution in [3.63, 3.8) is 0 Å². The molecule has 0 spiro atoms. The largest absolute Gasteiger partial charge is 0.507 e. The topological polar surface area (TPSA) is 115 Å². The van der Waals surface area contributed by atoms with E-state index >= 15 is 0 Å². The van der Waals surface area contributed by atoms with Crippen molar-refractivity contribution in [2.45, 2.75) is 13.8 Å². The van der Waals surface area contributed by atoms with Gasteiger partial charge in [0.2, 0.25) is 0 Å². The number of rotatable bonds is 2. The number of carbonyl (C=O) groups excluding carboxylic acids is 2. The molecule has 0 atom stereocenters. The number of aromatic hydroxyl groups is 4. The third kappa shape index (κ3) is 6.27. The van der Waals surface area contributed by atoms with Gasteiger partial charge < -0.3 is 20.4 Å². The van der Waals surface area contributed by atoms with Crippen molar-refractivity contribution in [2.24, 2.45) is 0 Å². The van der Waals surface area contributed by atoms with Crippen LogP contribution in [0.15, 0.2) is 30.3 Å². The lowest BCUT2D eigenvalue weighted by Crippen LogP contribution is -1.80. The Balaban J connectivity index is 0.000000381. The van der Waals surface area contributed by atoms with Crippen LogP contribution in [0.1, 0.15) is 34.6 Å². The molecule has 0 unspecified atom stereocenters. The van der Waals surface area contributed by atoms with Crippen LogP contribution >= 0.6 is 11.6 Å². The Morgan fingerprint density at radius 3 is 1.83 bits per heavy atom. The predicted octanol–water partition coefficient (Wildman–Crippen LogP) is 3.50. The van der Waals surface area contributed by atoms with E-state index in [1.807, 2.05) is 13.8 Å². The quantitative estimate of drug-likeness (QED) is 0.378. The van der Waals surface area contributed by atoms with E-state index in [9.17, 15) is 9.59 Å². The summed E-state index contributed by atoms with van der Waals surface area (Å²) in [5.74, 6) is -1.24. The molecule has 0 bridgehead atoms. The lowest BCUT2D eigenvalue weighted by Gasteiger charge is -1.99. The lowest BCUT2D eigenvalue weighted by atomic mass is 10.2. The fourth-order valence-corrected chi connectivity index (χ4v) is 1.46. The molecule has 0 aromatic heterocycles. The van der Waals surface area contributed by atoms with Crippen LogP contribution in [0, 0.1) is 0 Å². The second kappa shape index (κ2) is 10.1. The van der Waals surface area contributed by atoms with Gasteiger partial charge in [-0.3, -0.25) is 9.59 Å². The van der Waals surface area contributed by atoms with E-state index in [4.69, 9.17) is 32.0 Å². The number of hydrogen-bond acceptors (Lipinski definition) is 6. The van der Waals surface area contributed by atoms with Crippen molar-refractivity contribution in [3.05, 3.63) is 46.5 Å². The summed E-state index contributed by atoms with van der Waals surface area (Å²) in [6.45, 7) is 4.00. The molecule has 124 valence electrons. The molecule has 0 saturated carbocycles. The summed E-state index contributed by atoms with van der Waals surface area (Å²) >= 11 is 5.48. The number of phenolic OH excluding ortho intramolecular Hbond substituents is 4. The summed E-state index contributed by atoms with van der Waals surface area (Å²) in [7, 11) is 0. The highest BCUT2D eigenvalue weighted by molar-refractivity contribution is 6.32. The number of hydrogen-bond donors (Lipinski definition) is 4. The van der Waals surface area contributed by atoms with E-state index in [2.05, 4.69) is 0 Å². The molecule has 0 aliphatic rings. The van der Waals surface area contributed by atoms with Gasteiger partial charge in [-0.15, -0.1) is 0 Å². The molecule has 4 N–H and O–H groups in total. The summed E-state index contributed by atoms with van der Waals surface area (Å²) in [4.78, 5) is 20.3. The number of halogens is 1. The van der Waals surface area contributed by atoms with Gasteiger partial charge in [0.05, 0.1) is 10.6 Å². The van der Waals surface area contributed by atoms with Crippen molar-refractivity contribution < 1.29 is 30.0 Å². The van der Waals surface area contributed by atoms with Gasteiger partial charge in [-0.05, 0) is 24.3 Å². The Morgan fingerprint density at radius 2 is 1.35 bits per heavy atom. The van der Waals surface area contributed by atoms with Gasteiger partial charge in [-0.25, -0.2) is 0 Å². The Kier molecular flexibility index (Phi) is 8.88. The van der Waals surface area contributed by atoms with Crippen LogP contribution in [-0.4, -0.2) is 33.0 Å². The lowest BCUT2D eigenvalue weighted by molar-refractivity contribution is 0.111. The minimum absolute atomic E-state index is 0.00716. The van der Waals surface area contributed by atoms with Gasteiger partial charge in [-0.2, -0.15) is 0 Å². The van der Waals surface area contributed by atoms with E-state index in [-0.39, 0.29) is 22.1 Å². The Bertz CT molecular complexity index is 670. The molecule has 2 rings (SSSR count). The maximum Gasteiger partial charge on any atom is 0.161 e. The molecule has 0 aliphatic heterocycles. The third-order valence-electron chi connectivity index (χ3n) is 2.36. The minimum atomic E-state index is -0.451. The highest BCUT2D eigenvalue weighted by Crippen LogP contribution is 2.30. The van der Waals surface area contributed by atoms with Gasteiger partial charge in [0.1, 0.15) is 17.8 Å². The molecule has 23 heavy (non-hydrogen) atoms. The smallest absolute Gasteiger partial charge is 0.161 e. The predicted molar refractivity (Wildman–Crippen MR) is 86.7 cm³/mol. The first-order valence-electron chi connectivity index (χ1n) is 6.52. The monoisotopic (exact) mass is 340 g/mol. The van der Waals surface area contributed by atoms with Crippen molar-refractivity contribution in [1.82, 2.24) is 0 Å². The SMILES string of the molecule is CC.O=Cc1cc(O)c(O)cc1O.O=Cc1ccc(O)c(Cl)c1. The fourth-order valence-electron chi connectivity index (χ4n) is 1.27. The summed E-state index contributed by atoms with van der Waals surface area (Å²) < 4.78 is 0. The highest BCUT2D eigenvalue weighted by atomic mass is 35.5. The number of aldehydes is 2. The van der Waals surface area contributed by atoms with Gasteiger partial charge in [0.25, 0.3) is 0 Å². The number of carbonyl (C=O) groups is 2. The van der Waals surface area contributed by atoms with Crippen molar-refractivity contribution >= 4 is 24.2 Å². The number of phenols is 4. The fraction of sp³-hybridized carbons (Fsp3) is 0.125. The molecule has 0 aliphatic carbocycles. The van der Waals surface area contributed by atoms with Crippen molar-refractivity contribution in [3.8, 4) is 23.0 Å². The van der Waals surface area contributed by atoms with E-state index in [1.165, 1.54) is 18.2 Å². The van der Waals surface area contributed by atoms with Crippen LogP contribution in [0.2, 0.25) is 5.02 Å². The van der Waals surface area contributed by atoms with Crippen LogP contribution in [-0.2, 0) is 0 Å². The maximum atomic E-state index is 10.1. The first-order chi connectivity index (χ1) is 10.9. The Morgan fingerprint density at radius 1 is 0.783 bits per heavy atom. The minimum Gasteiger partial charge on any atom is -0.507 e. The van der Waals surface area contributed by atoms with Crippen molar-refractivity contribution in [2.75, 3.05) is 0 Å². The van der Waals surface area contributed by atoms with Crippen LogP contribution in [0.4, 0.5) is 0 Å². The van der Waals surface area contributed by atoms with E-state index in [0.29, 0.717) is 18.1 Å². The molecular formula is C16H17ClO6. The maximum absolute atomic E-state index is 10.1. The molecule has 2 aromatic rings. The zero-order valence-electron chi connectivity index (χ0n) is 12.5. The van der Waals surface area contributed by atoms with E-state index < -0.39 is 11.5 Å². The molecule has 0 fully saturated rings. The number of benzene rings is 2. The molecule has 6 nitrogen and oxygen atoms in total. The molecule has 0 heterocycles. The highest BCUT2D eigenvalue weighted by Gasteiger charge is 2.05. The van der Waals surface area contributed by atoms with Gasteiger partial charge >= 0.3 is 0 Å². The Hall–Kier alpha value is -2.73. The molecule has 2 aromatic carbocycles. The molecule has 0 amide bonds. The molecule has 0 saturated heterocycles. The van der Waals surface area contributed by atoms with Gasteiger partial charge in [0, 0.05) is 11.6 Å². The molecular weight excluding hydrogens is 324 g/mol. The van der Waals surface area contributed by atoms with Gasteiger partial charge in [0.15, 0.2) is 17.8 Å². The average Bonchev–Trinajstić information content (AvgIpc) is 2.56. The molecule has 0 radical (unpaired) electrons. The van der Waals surface area contributed by atoms with Gasteiger partial charge in [-0.1, -0.05) is 25.4 Å². The second-order valence-electron chi connectivity index (χ2n) is 3.85. The van der Waals surface area contributed by atoms with Crippen LogP contribution in [0.25, 0.3) is 0 Å². The van der Waals surface area contributed by atoms with Crippen LogP contribution in [0.3, 0.4) is 0 Å². The first kappa shape index (κ1) is 20.3. The summed E-state index contributed by atoms with van der Waals surface area (Å²) in [6.07, 6.45) is 1.06. The van der Waals surface area contributed by atoms with Crippen molar-refractivity contribution in [1.29, 1.82) is 0 Å². The summed E-state index contributed by atoms with van der Waals surface area (Å²) in [5, 5.41) is 35.6. The normalized spacial score (nSPS) is 8.83. The Labute approximate surface area is 138 Å². The average molecular weight is 341 g/mol. The summed E-state index contributed by atoms with van der Waals surface area (Å²) in [5.41, 5.74) is 0.406. The summed E-state index contributed by atoms with van der Waals surface area (Å²) in [6, 6.07) is 6.17. The first-order valence-corrected chi connectivity index (χ1v) is 6.90. The third-order valence-corrected chi connectivity index (χ3v) is 2.66. The van der Waals surface area contributed by atoms with E-state index in [0.717, 1.165) is 12.1 Å². The van der Waals surface area contributed by atoms with Crippen LogP contribution in [0.5, 0.6) is 23.0 Å². The second-order valence-corrected chi connectivity index (χ2v) is 4.25. The van der Waals surface area contributed by atoms with E-state index in [1.54, 1.807) is 0 Å². The molecule has 7 heteroatoms. The zero-order valence-corrected chi connectivity index (χ0v) is 13.3. The standard InChI is InChI=1S/C7H5ClO2.C7H6O4.C2H6/c8-6-3-5(4-9)1-2-7(6)10;8-3-4-1-6(10)7(11)2-5(4)9;1-2/h1-4,10H;1-3,9-11H;1-2H3. The van der Waals surface area contributed by atoms with Crippen LogP contribution < -0.4 is 0 Å². The zero-order chi connectivity index (χ0) is 18.0.